The summed E-state index contributed by atoms with van der Waals surface area (Å²) in [6.45, 7) is 0. The molecule has 2 heteroatoms. The van der Waals surface area contributed by atoms with E-state index in [0.29, 0.717) is 4.83 Å². The smallest absolute Gasteiger partial charge is 0.0406 e. The summed E-state index contributed by atoms with van der Waals surface area (Å²) in [5, 5.41) is 0.826. The van der Waals surface area contributed by atoms with Crippen LogP contribution >= 0.6 is 27.5 Å². The predicted molar refractivity (Wildman–Crippen MR) is 74.4 cm³/mol. The Kier molecular flexibility index (Phi) is 4.72. The maximum absolute atomic E-state index is 5.89. The second-order valence-electron chi connectivity index (χ2n) is 4.74. The zero-order valence-corrected chi connectivity index (χ0v) is 11.8. The van der Waals surface area contributed by atoms with E-state index in [9.17, 15) is 0 Å². The van der Waals surface area contributed by atoms with Crippen molar-refractivity contribution in [2.24, 2.45) is 5.92 Å². The van der Waals surface area contributed by atoms with E-state index >= 15 is 0 Å². The summed E-state index contributed by atoms with van der Waals surface area (Å²) in [4.78, 5) is 0.633. The third kappa shape index (κ3) is 3.49. The highest BCUT2D eigenvalue weighted by Gasteiger charge is 2.21. The van der Waals surface area contributed by atoms with E-state index in [2.05, 4.69) is 28.1 Å². The summed E-state index contributed by atoms with van der Waals surface area (Å²) >= 11 is 9.75. The van der Waals surface area contributed by atoms with Crippen molar-refractivity contribution < 1.29 is 0 Å². The Hall–Kier alpha value is -0.0100. The molecule has 1 aliphatic rings. The molecule has 0 aromatic heterocycles. The van der Waals surface area contributed by atoms with Crippen LogP contribution in [0.2, 0.25) is 5.02 Å². The van der Waals surface area contributed by atoms with Gasteiger partial charge in [0.05, 0.1) is 0 Å². The molecule has 0 bridgehead atoms. The largest absolute Gasteiger partial charge is 0.0884 e. The maximum Gasteiger partial charge on any atom is 0.0406 e. The van der Waals surface area contributed by atoms with Crippen molar-refractivity contribution in [3.05, 3.63) is 34.9 Å². The molecule has 1 atom stereocenters. The lowest BCUT2D eigenvalue weighted by Crippen LogP contribution is -2.19. The molecule has 0 radical (unpaired) electrons. The minimum absolute atomic E-state index is 0.633. The lowest BCUT2D eigenvalue weighted by Gasteiger charge is -2.26. The number of hydrogen-bond acceptors (Lipinski definition) is 0. The number of halogens is 2. The van der Waals surface area contributed by atoms with Crippen LogP contribution in [0.15, 0.2) is 24.3 Å². The van der Waals surface area contributed by atoms with Crippen LogP contribution in [0.3, 0.4) is 0 Å². The molecular weight excluding hydrogens is 284 g/mol. The zero-order chi connectivity index (χ0) is 11.4. The van der Waals surface area contributed by atoms with E-state index in [-0.39, 0.29) is 0 Å². The fraction of sp³-hybridized carbons (Fsp3) is 0.571. The van der Waals surface area contributed by atoms with Gasteiger partial charge in [-0.3, -0.25) is 0 Å². The minimum Gasteiger partial charge on any atom is -0.0884 e. The highest BCUT2D eigenvalue weighted by atomic mass is 79.9. The fourth-order valence-corrected chi connectivity index (χ4v) is 3.54. The van der Waals surface area contributed by atoms with Gasteiger partial charge in [0, 0.05) is 9.85 Å². The average Bonchev–Trinajstić information content (AvgIpc) is 2.33. The van der Waals surface area contributed by atoms with Gasteiger partial charge >= 0.3 is 0 Å². The lowest BCUT2D eigenvalue weighted by molar-refractivity contribution is 0.350. The Morgan fingerprint density at radius 2 is 1.75 bits per heavy atom. The SMILES string of the molecule is Clc1ccc(CC(Br)C2CCCCC2)cc1. The molecule has 0 aliphatic heterocycles. The van der Waals surface area contributed by atoms with E-state index in [0.717, 1.165) is 17.4 Å². The Balaban J connectivity index is 1.90. The third-order valence-corrected chi connectivity index (χ3v) is 4.83. The Morgan fingerprint density at radius 1 is 1.12 bits per heavy atom. The minimum atomic E-state index is 0.633. The van der Waals surface area contributed by atoms with Gasteiger partial charge in [-0.05, 0) is 42.9 Å². The summed E-state index contributed by atoms with van der Waals surface area (Å²) in [5.41, 5.74) is 1.39. The summed E-state index contributed by atoms with van der Waals surface area (Å²) in [6, 6.07) is 8.24. The molecule has 0 N–H and O–H groups in total. The molecule has 1 saturated carbocycles. The van der Waals surface area contributed by atoms with Gasteiger partial charge in [0.2, 0.25) is 0 Å². The highest BCUT2D eigenvalue weighted by molar-refractivity contribution is 9.09. The van der Waals surface area contributed by atoms with E-state index in [1.165, 1.54) is 37.7 Å². The van der Waals surface area contributed by atoms with Crippen LogP contribution in [-0.2, 0) is 6.42 Å². The third-order valence-electron chi connectivity index (χ3n) is 3.51. The van der Waals surface area contributed by atoms with Gasteiger partial charge in [-0.25, -0.2) is 0 Å². The standard InChI is InChI=1S/C14H18BrCl/c15-14(12-4-2-1-3-5-12)10-11-6-8-13(16)9-7-11/h6-9,12,14H,1-5,10H2. The van der Waals surface area contributed by atoms with Crippen LogP contribution in [0.5, 0.6) is 0 Å². The average molecular weight is 302 g/mol. The van der Waals surface area contributed by atoms with Crippen LogP contribution in [0, 0.1) is 5.92 Å². The van der Waals surface area contributed by atoms with E-state index < -0.39 is 0 Å². The van der Waals surface area contributed by atoms with Crippen LogP contribution in [-0.4, -0.2) is 4.83 Å². The van der Waals surface area contributed by atoms with Crippen molar-refractivity contribution >= 4 is 27.5 Å². The van der Waals surface area contributed by atoms with E-state index in [1.54, 1.807) is 0 Å². The summed E-state index contributed by atoms with van der Waals surface area (Å²) < 4.78 is 0. The number of hydrogen-bond donors (Lipinski definition) is 0. The van der Waals surface area contributed by atoms with Gasteiger partial charge in [0.25, 0.3) is 0 Å². The first-order valence-corrected chi connectivity index (χ1v) is 7.43. The molecule has 2 rings (SSSR count). The summed E-state index contributed by atoms with van der Waals surface area (Å²) in [7, 11) is 0. The van der Waals surface area contributed by atoms with Gasteiger partial charge in [-0.1, -0.05) is 58.9 Å². The molecule has 0 heterocycles. The number of alkyl halides is 1. The predicted octanol–water partition coefficient (Wildman–Crippen LogP) is 5.23. The van der Waals surface area contributed by atoms with Crippen molar-refractivity contribution in [2.75, 3.05) is 0 Å². The molecule has 1 aliphatic carbocycles. The summed E-state index contributed by atoms with van der Waals surface area (Å²) in [6.07, 6.45) is 8.16. The summed E-state index contributed by atoms with van der Waals surface area (Å²) in [5.74, 6) is 0.865. The van der Waals surface area contributed by atoms with E-state index in [4.69, 9.17) is 11.6 Å². The molecule has 0 saturated heterocycles. The molecule has 88 valence electrons. The van der Waals surface area contributed by atoms with Gasteiger partial charge in [-0.15, -0.1) is 0 Å². The highest BCUT2D eigenvalue weighted by Crippen LogP contribution is 2.32. The van der Waals surface area contributed by atoms with Gasteiger partial charge < -0.3 is 0 Å². The molecule has 1 fully saturated rings. The molecule has 0 spiro atoms. The fourth-order valence-electron chi connectivity index (χ4n) is 2.51. The second kappa shape index (κ2) is 6.07. The van der Waals surface area contributed by atoms with Crippen molar-refractivity contribution in [2.45, 2.75) is 43.4 Å². The zero-order valence-electron chi connectivity index (χ0n) is 9.46. The first kappa shape index (κ1) is 12.4. The monoisotopic (exact) mass is 300 g/mol. The van der Waals surface area contributed by atoms with Crippen LogP contribution in [0.4, 0.5) is 0 Å². The molecule has 1 aromatic carbocycles. The molecule has 0 amide bonds. The topological polar surface area (TPSA) is 0 Å². The molecule has 1 unspecified atom stereocenters. The normalized spacial score (nSPS) is 19.6. The first-order valence-electron chi connectivity index (χ1n) is 6.14. The second-order valence-corrected chi connectivity index (χ2v) is 6.36. The van der Waals surface area contributed by atoms with Crippen molar-refractivity contribution in [1.29, 1.82) is 0 Å². The van der Waals surface area contributed by atoms with Crippen molar-refractivity contribution in [3.63, 3.8) is 0 Å². The first-order chi connectivity index (χ1) is 7.75. The van der Waals surface area contributed by atoms with Crippen molar-refractivity contribution in [3.8, 4) is 0 Å². The molecule has 0 nitrogen and oxygen atoms in total. The molecule has 1 aromatic rings. The number of benzene rings is 1. The molecular formula is C14H18BrCl. The molecule has 16 heavy (non-hydrogen) atoms. The van der Waals surface area contributed by atoms with Gasteiger partial charge in [0.15, 0.2) is 0 Å². The Labute approximate surface area is 112 Å². The van der Waals surface area contributed by atoms with Gasteiger partial charge in [0.1, 0.15) is 0 Å². The Bertz CT molecular complexity index is 314. The van der Waals surface area contributed by atoms with Gasteiger partial charge in [-0.2, -0.15) is 0 Å². The van der Waals surface area contributed by atoms with Crippen LogP contribution in [0.25, 0.3) is 0 Å². The maximum atomic E-state index is 5.89. The van der Waals surface area contributed by atoms with Crippen LogP contribution in [0.1, 0.15) is 37.7 Å². The number of rotatable bonds is 3. The van der Waals surface area contributed by atoms with Crippen LogP contribution < -0.4 is 0 Å². The van der Waals surface area contributed by atoms with Crippen molar-refractivity contribution in [1.82, 2.24) is 0 Å². The Morgan fingerprint density at radius 3 is 2.38 bits per heavy atom. The lowest BCUT2D eigenvalue weighted by atomic mass is 9.85. The quantitative estimate of drug-likeness (QED) is 0.671. The van der Waals surface area contributed by atoms with E-state index in [1.807, 2.05) is 12.1 Å².